The average molecular weight is 395 g/mol. The summed E-state index contributed by atoms with van der Waals surface area (Å²) < 4.78 is 35.3. The molecule has 0 saturated heterocycles. The second-order valence-electron chi connectivity index (χ2n) is 6.37. The summed E-state index contributed by atoms with van der Waals surface area (Å²) in [7, 11) is -2.05. The zero-order valence-corrected chi connectivity index (χ0v) is 16.0. The zero-order valence-electron chi connectivity index (χ0n) is 15.2. The predicted molar refractivity (Wildman–Crippen MR) is 108 cm³/mol. The minimum absolute atomic E-state index is 0.0312. The lowest BCUT2D eigenvalue weighted by molar-refractivity contribution is 0.102. The van der Waals surface area contributed by atoms with Gasteiger partial charge in [0.15, 0.2) is 9.84 Å². The van der Waals surface area contributed by atoms with Gasteiger partial charge in [-0.15, -0.1) is 0 Å². The van der Waals surface area contributed by atoms with Crippen molar-refractivity contribution in [1.82, 2.24) is 0 Å². The second-order valence-corrected chi connectivity index (χ2v) is 8.35. The molecule has 6 nitrogen and oxygen atoms in total. The molecule has 4 rings (SSSR count). The highest BCUT2D eigenvalue weighted by molar-refractivity contribution is 7.90. The summed E-state index contributed by atoms with van der Waals surface area (Å²) in [4.78, 5) is 12.8. The molecule has 0 bridgehead atoms. The van der Waals surface area contributed by atoms with Crippen LogP contribution in [0, 0.1) is 0 Å². The van der Waals surface area contributed by atoms with Crippen molar-refractivity contribution in [3.63, 3.8) is 0 Å². The van der Waals surface area contributed by atoms with Crippen LogP contribution in [0.5, 0.6) is 5.75 Å². The summed E-state index contributed by atoms with van der Waals surface area (Å²) in [6.45, 7) is 0. The summed E-state index contributed by atoms with van der Waals surface area (Å²) in [6, 6.07) is 17.1. The number of hydrogen-bond donors (Lipinski definition) is 1. The molecule has 0 fully saturated rings. The summed E-state index contributed by atoms with van der Waals surface area (Å²) in [6.07, 6.45) is 1.07. The molecule has 0 aliphatic carbocycles. The molecule has 1 N–H and O–H groups in total. The topological polar surface area (TPSA) is 85.6 Å². The zero-order chi connectivity index (χ0) is 19.9. The van der Waals surface area contributed by atoms with Crippen LogP contribution in [-0.4, -0.2) is 27.7 Å². The van der Waals surface area contributed by atoms with Crippen molar-refractivity contribution in [2.45, 2.75) is 4.90 Å². The maximum atomic E-state index is 12.8. The molecule has 0 saturated carbocycles. The Balaban J connectivity index is 1.80. The van der Waals surface area contributed by atoms with E-state index in [9.17, 15) is 13.2 Å². The van der Waals surface area contributed by atoms with Crippen molar-refractivity contribution in [3.05, 3.63) is 66.2 Å². The van der Waals surface area contributed by atoms with Gasteiger partial charge in [0, 0.05) is 23.1 Å². The molecule has 0 aliphatic rings. The van der Waals surface area contributed by atoms with Crippen molar-refractivity contribution in [3.8, 4) is 5.75 Å². The number of carbonyl (C=O) groups is 1. The van der Waals surface area contributed by atoms with E-state index in [-0.39, 0.29) is 10.5 Å². The van der Waals surface area contributed by atoms with Crippen LogP contribution in [0.1, 0.15) is 10.4 Å². The van der Waals surface area contributed by atoms with E-state index in [4.69, 9.17) is 9.15 Å². The molecule has 7 heteroatoms. The molecule has 1 amide bonds. The molecule has 0 spiro atoms. The number of para-hydroxylation sites is 1. The molecule has 0 atom stereocenters. The highest BCUT2D eigenvalue weighted by Crippen LogP contribution is 2.36. The van der Waals surface area contributed by atoms with Gasteiger partial charge in [-0.1, -0.05) is 30.3 Å². The largest absolute Gasteiger partial charge is 0.495 e. The van der Waals surface area contributed by atoms with Crippen LogP contribution < -0.4 is 10.1 Å². The van der Waals surface area contributed by atoms with E-state index >= 15 is 0 Å². The molecule has 142 valence electrons. The van der Waals surface area contributed by atoms with Crippen LogP contribution in [-0.2, 0) is 9.84 Å². The van der Waals surface area contributed by atoms with Gasteiger partial charge in [0.2, 0.25) is 0 Å². The first-order valence-corrected chi connectivity index (χ1v) is 10.4. The SMILES string of the molecule is COc1cc2c(cc1NC(=O)c1ccccc1S(C)(=O)=O)oc1ccccc12. The van der Waals surface area contributed by atoms with E-state index in [1.54, 1.807) is 24.3 Å². The smallest absolute Gasteiger partial charge is 0.257 e. The fourth-order valence-corrected chi connectivity index (χ4v) is 4.07. The van der Waals surface area contributed by atoms with Crippen LogP contribution in [0.2, 0.25) is 0 Å². The van der Waals surface area contributed by atoms with E-state index in [0.717, 1.165) is 22.6 Å². The van der Waals surface area contributed by atoms with Gasteiger partial charge in [-0.2, -0.15) is 0 Å². The molecule has 0 radical (unpaired) electrons. The molecule has 1 aromatic heterocycles. The lowest BCUT2D eigenvalue weighted by atomic mass is 10.1. The van der Waals surface area contributed by atoms with Crippen molar-refractivity contribution in [1.29, 1.82) is 0 Å². The van der Waals surface area contributed by atoms with Gasteiger partial charge < -0.3 is 14.5 Å². The average Bonchev–Trinajstić information content (AvgIpc) is 3.04. The van der Waals surface area contributed by atoms with Gasteiger partial charge >= 0.3 is 0 Å². The number of benzene rings is 3. The van der Waals surface area contributed by atoms with Crippen LogP contribution in [0.15, 0.2) is 70.0 Å². The summed E-state index contributed by atoms with van der Waals surface area (Å²) in [5, 5.41) is 4.54. The fourth-order valence-electron chi connectivity index (χ4n) is 3.19. The van der Waals surface area contributed by atoms with Crippen LogP contribution >= 0.6 is 0 Å². The number of sulfone groups is 1. The molecule has 3 aromatic carbocycles. The summed E-state index contributed by atoms with van der Waals surface area (Å²) in [5.41, 5.74) is 1.78. The first-order chi connectivity index (χ1) is 13.4. The van der Waals surface area contributed by atoms with E-state index in [2.05, 4.69) is 5.32 Å². The number of rotatable bonds is 4. The minimum Gasteiger partial charge on any atom is -0.495 e. The number of nitrogens with one attached hydrogen (secondary N) is 1. The third kappa shape index (κ3) is 3.10. The normalized spacial score (nSPS) is 11.6. The predicted octanol–water partition coefficient (Wildman–Crippen LogP) is 4.25. The van der Waals surface area contributed by atoms with Crippen molar-refractivity contribution >= 4 is 43.4 Å². The van der Waals surface area contributed by atoms with Gasteiger partial charge in [-0.3, -0.25) is 4.79 Å². The summed E-state index contributed by atoms with van der Waals surface area (Å²) >= 11 is 0. The molecular formula is C21H17NO5S. The number of furan rings is 1. The maximum Gasteiger partial charge on any atom is 0.257 e. The third-order valence-corrected chi connectivity index (χ3v) is 5.63. The van der Waals surface area contributed by atoms with E-state index in [0.29, 0.717) is 17.0 Å². The Morgan fingerprint density at radius 2 is 1.68 bits per heavy atom. The van der Waals surface area contributed by atoms with Crippen molar-refractivity contribution in [2.24, 2.45) is 0 Å². The number of anilines is 1. The Kier molecular flexibility index (Phi) is 4.31. The van der Waals surface area contributed by atoms with Crippen molar-refractivity contribution in [2.75, 3.05) is 18.7 Å². The molecular weight excluding hydrogens is 378 g/mol. The van der Waals surface area contributed by atoms with E-state index in [1.165, 1.54) is 19.2 Å². The minimum atomic E-state index is -3.55. The number of amides is 1. The highest BCUT2D eigenvalue weighted by atomic mass is 32.2. The first kappa shape index (κ1) is 18.1. The molecule has 0 aliphatic heterocycles. The monoisotopic (exact) mass is 395 g/mol. The van der Waals surface area contributed by atoms with Crippen LogP contribution in [0.3, 0.4) is 0 Å². The quantitative estimate of drug-likeness (QED) is 0.558. The Morgan fingerprint density at radius 1 is 0.964 bits per heavy atom. The second kappa shape index (κ2) is 6.69. The Bertz CT molecular complexity index is 1320. The van der Waals surface area contributed by atoms with Crippen LogP contribution in [0.4, 0.5) is 5.69 Å². The lowest BCUT2D eigenvalue weighted by Gasteiger charge is -2.12. The number of methoxy groups -OCH3 is 1. The molecule has 1 heterocycles. The highest BCUT2D eigenvalue weighted by Gasteiger charge is 2.20. The number of hydrogen-bond acceptors (Lipinski definition) is 5. The fraction of sp³-hybridized carbons (Fsp3) is 0.0952. The van der Waals surface area contributed by atoms with E-state index in [1.807, 2.05) is 24.3 Å². The third-order valence-electron chi connectivity index (χ3n) is 4.48. The Morgan fingerprint density at radius 3 is 2.43 bits per heavy atom. The molecule has 4 aromatic rings. The lowest BCUT2D eigenvalue weighted by Crippen LogP contribution is -2.16. The van der Waals surface area contributed by atoms with Crippen LogP contribution in [0.25, 0.3) is 21.9 Å². The standard InChI is InChI=1S/C21H17NO5S/c1-26-19-11-15-13-7-3-5-9-17(13)27-18(15)12-16(19)22-21(23)14-8-4-6-10-20(14)28(2,24)25/h3-12H,1-2H3,(H,22,23). The maximum absolute atomic E-state index is 12.8. The van der Waals surface area contributed by atoms with Gasteiger partial charge in [0.1, 0.15) is 16.9 Å². The first-order valence-electron chi connectivity index (χ1n) is 8.48. The Hall–Kier alpha value is -3.32. The van der Waals surface area contributed by atoms with Crippen molar-refractivity contribution < 1.29 is 22.4 Å². The van der Waals surface area contributed by atoms with Gasteiger partial charge in [0.25, 0.3) is 5.91 Å². The number of carbonyl (C=O) groups excluding carboxylic acids is 1. The number of ether oxygens (including phenoxy) is 1. The molecule has 0 unspecified atom stereocenters. The summed E-state index contributed by atoms with van der Waals surface area (Å²) in [5.74, 6) is -0.0981. The van der Waals surface area contributed by atoms with Gasteiger partial charge in [0.05, 0.1) is 23.3 Å². The van der Waals surface area contributed by atoms with E-state index < -0.39 is 15.7 Å². The van der Waals surface area contributed by atoms with Gasteiger partial charge in [-0.05, 0) is 24.3 Å². The Labute approximate surface area is 161 Å². The van der Waals surface area contributed by atoms with Gasteiger partial charge in [-0.25, -0.2) is 8.42 Å². The number of fused-ring (bicyclic) bond motifs is 3. The molecule has 28 heavy (non-hydrogen) atoms.